The van der Waals surface area contributed by atoms with Gasteiger partial charge in [0.05, 0.1) is 13.1 Å². The van der Waals surface area contributed by atoms with Crippen LogP contribution in [0.2, 0.25) is 0 Å². The van der Waals surface area contributed by atoms with Gasteiger partial charge in [0.15, 0.2) is 5.96 Å². The Labute approximate surface area is 136 Å². The minimum Gasteiger partial charge on any atom is -0.357 e. The number of rotatable bonds is 7. The van der Waals surface area contributed by atoms with Crippen LogP contribution in [0, 0.1) is 0 Å². The fraction of sp³-hybridized carbons (Fsp3) is 0.500. The Bertz CT molecular complexity index is 557. The third-order valence-corrected chi connectivity index (χ3v) is 4.59. The monoisotopic (exact) mass is 319 g/mol. The van der Waals surface area contributed by atoms with Crippen LogP contribution in [-0.4, -0.2) is 35.4 Å². The van der Waals surface area contributed by atoms with Crippen molar-refractivity contribution in [2.45, 2.75) is 32.7 Å². The van der Waals surface area contributed by atoms with Crippen LogP contribution in [0.3, 0.4) is 0 Å². The summed E-state index contributed by atoms with van der Waals surface area (Å²) in [6, 6.07) is 6.21. The topological polar surface area (TPSA) is 54.2 Å². The molecule has 2 aromatic rings. The summed E-state index contributed by atoms with van der Waals surface area (Å²) >= 11 is 1.79. The molecule has 0 aliphatic rings. The van der Waals surface area contributed by atoms with E-state index >= 15 is 0 Å². The molecular formula is C16H25N5S. The smallest absolute Gasteiger partial charge is 0.191 e. The molecule has 2 heterocycles. The highest BCUT2D eigenvalue weighted by atomic mass is 32.1. The maximum atomic E-state index is 4.73. The van der Waals surface area contributed by atoms with Crippen LogP contribution in [0.4, 0.5) is 0 Å². The van der Waals surface area contributed by atoms with Crippen LogP contribution in [0.25, 0.3) is 0 Å². The molecule has 0 aliphatic carbocycles. The van der Waals surface area contributed by atoms with Crippen LogP contribution in [0.1, 0.15) is 25.6 Å². The number of hydrogen-bond donors (Lipinski definition) is 2. The van der Waals surface area contributed by atoms with E-state index in [9.17, 15) is 0 Å². The van der Waals surface area contributed by atoms with E-state index < -0.39 is 0 Å². The Morgan fingerprint density at radius 1 is 1.36 bits per heavy atom. The number of nitrogens with one attached hydrogen (secondary N) is 2. The van der Waals surface area contributed by atoms with E-state index in [2.05, 4.69) is 54.0 Å². The lowest BCUT2D eigenvalue weighted by Crippen LogP contribution is -2.39. The van der Waals surface area contributed by atoms with Crippen LogP contribution in [0.5, 0.6) is 0 Å². The molecule has 2 rings (SSSR count). The maximum absolute atomic E-state index is 4.73. The molecule has 0 aliphatic heterocycles. The third-order valence-electron chi connectivity index (χ3n) is 3.36. The van der Waals surface area contributed by atoms with Gasteiger partial charge in [0.2, 0.25) is 0 Å². The predicted octanol–water partition coefficient (Wildman–Crippen LogP) is 2.48. The lowest BCUT2D eigenvalue weighted by molar-refractivity contribution is 0.546. The Kier molecular flexibility index (Phi) is 6.00. The number of aliphatic imine (C=N–C) groups is 1. The van der Waals surface area contributed by atoms with Crippen molar-refractivity contribution in [1.82, 2.24) is 20.4 Å². The number of nitrogens with zero attached hydrogens (tertiary/aromatic N) is 3. The van der Waals surface area contributed by atoms with Gasteiger partial charge in [-0.3, -0.25) is 9.67 Å². The molecule has 0 bridgehead atoms. The molecule has 0 atom stereocenters. The molecule has 6 heteroatoms. The molecule has 0 fully saturated rings. The molecule has 0 saturated heterocycles. The summed E-state index contributed by atoms with van der Waals surface area (Å²) < 4.78 is 1.91. The highest BCUT2D eigenvalue weighted by Crippen LogP contribution is 2.27. The van der Waals surface area contributed by atoms with Crippen LogP contribution in [0.15, 0.2) is 41.0 Å². The average molecular weight is 319 g/mol. The first kappa shape index (κ1) is 16.5. The van der Waals surface area contributed by atoms with Gasteiger partial charge in [0.25, 0.3) is 0 Å². The van der Waals surface area contributed by atoms with E-state index in [0.717, 1.165) is 32.1 Å². The zero-order valence-electron chi connectivity index (χ0n) is 13.5. The highest BCUT2D eigenvalue weighted by Gasteiger charge is 2.21. The second kappa shape index (κ2) is 7.98. The second-order valence-electron chi connectivity index (χ2n) is 5.75. The van der Waals surface area contributed by atoms with Crippen LogP contribution in [-0.2, 0) is 12.0 Å². The van der Waals surface area contributed by atoms with E-state index in [4.69, 9.17) is 4.99 Å². The molecular weight excluding hydrogens is 294 g/mol. The van der Waals surface area contributed by atoms with E-state index in [-0.39, 0.29) is 5.41 Å². The van der Waals surface area contributed by atoms with Crippen molar-refractivity contribution < 1.29 is 0 Å². The summed E-state index contributed by atoms with van der Waals surface area (Å²) in [5.41, 5.74) is 0.0541. The molecule has 0 aromatic carbocycles. The van der Waals surface area contributed by atoms with Gasteiger partial charge < -0.3 is 10.6 Å². The molecule has 0 unspecified atom stereocenters. The number of hydrogen-bond acceptors (Lipinski definition) is 3. The largest absolute Gasteiger partial charge is 0.357 e. The van der Waals surface area contributed by atoms with Crippen LogP contribution < -0.4 is 10.6 Å². The standard InChI is InChI=1S/C16H25N5S/c1-4-17-15(18-9-11-21-10-6-8-20-21)19-13-16(2,3)14-7-5-12-22-14/h5-8,10,12H,4,9,11,13H2,1-3H3,(H2,17,18,19). The highest BCUT2D eigenvalue weighted by molar-refractivity contribution is 7.10. The molecule has 2 aromatic heterocycles. The third kappa shape index (κ3) is 4.87. The van der Waals surface area contributed by atoms with Crippen molar-refractivity contribution in [1.29, 1.82) is 0 Å². The van der Waals surface area contributed by atoms with Crippen molar-refractivity contribution in [2.75, 3.05) is 19.6 Å². The summed E-state index contributed by atoms with van der Waals surface area (Å²) in [4.78, 5) is 6.10. The van der Waals surface area contributed by atoms with Gasteiger partial charge in [0, 0.05) is 35.8 Å². The van der Waals surface area contributed by atoms with Gasteiger partial charge in [0.1, 0.15) is 0 Å². The van der Waals surface area contributed by atoms with E-state index in [0.29, 0.717) is 0 Å². The molecule has 0 saturated carbocycles. The average Bonchev–Trinajstić information content (AvgIpc) is 3.18. The zero-order chi connectivity index (χ0) is 15.8. The first-order valence-corrected chi connectivity index (χ1v) is 8.53. The Morgan fingerprint density at radius 2 is 2.23 bits per heavy atom. The van der Waals surface area contributed by atoms with Crippen LogP contribution >= 0.6 is 11.3 Å². The lowest BCUT2D eigenvalue weighted by atomic mass is 9.92. The molecule has 5 nitrogen and oxygen atoms in total. The van der Waals surface area contributed by atoms with Crippen molar-refractivity contribution in [3.63, 3.8) is 0 Å². The predicted molar refractivity (Wildman–Crippen MR) is 93.6 cm³/mol. The first-order chi connectivity index (χ1) is 10.6. The van der Waals surface area contributed by atoms with Crippen molar-refractivity contribution in [2.24, 2.45) is 4.99 Å². The zero-order valence-corrected chi connectivity index (χ0v) is 14.4. The van der Waals surface area contributed by atoms with Gasteiger partial charge in [-0.05, 0) is 24.4 Å². The second-order valence-corrected chi connectivity index (χ2v) is 6.70. The summed E-state index contributed by atoms with van der Waals surface area (Å²) in [6.45, 7) is 9.77. The lowest BCUT2D eigenvalue weighted by Gasteiger charge is -2.21. The maximum Gasteiger partial charge on any atom is 0.191 e. The quantitative estimate of drug-likeness (QED) is 0.609. The SMILES string of the molecule is CCNC(=NCC(C)(C)c1cccs1)NCCn1cccn1. The molecule has 2 N–H and O–H groups in total. The molecule has 120 valence electrons. The number of thiophene rings is 1. The summed E-state index contributed by atoms with van der Waals surface area (Å²) in [5, 5.41) is 13.0. The summed E-state index contributed by atoms with van der Waals surface area (Å²) in [6.07, 6.45) is 3.76. The van der Waals surface area contributed by atoms with Crippen molar-refractivity contribution in [3.05, 3.63) is 40.8 Å². The minimum absolute atomic E-state index is 0.0541. The van der Waals surface area contributed by atoms with Crippen molar-refractivity contribution in [3.8, 4) is 0 Å². The minimum atomic E-state index is 0.0541. The summed E-state index contributed by atoms with van der Waals surface area (Å²) in [7, 11) is 0. The normalized spacial score (nSPS) is 12.4. The van der Waals surface area contributed by atoms with E-state index in [1.165, 1.54) is 4.88 Å². The Morgan fingerprint density at radius 3 is 2.86 bits per heavy atom. The number of guanidine groups is 1. The molecule has 0 radical (unpaired) electrons. The van der Waals surface area contributed by atoms with E-state index in [1.54, 1.807) is 17.5 Å². The van der Waals surface area contributed by atoms with Gasteiger partial charge >= 0.3 is 0 Å². The van der Waals surface area contributed by atoms with Gasteiger partial charge in [-0.15, -0.1) is 11.3 Å². The fourth-order valence-electron chi connectivity index (χ4n) is 2.08. The summed E-state index contributed by atoms with van der Waals surface area (Å²) in [5.74, 6) is 0.860. The molecule has 0 amide bonds. The van der Waals surface area contributed by atoms with Gasteiger partial charge in [-0.1, -0.05) is 19.9 Å². The van der Waals surface area contributed by atoms with Gasteiger partial charge in [-0.2, -0.15) is 5.10 Å². The fourth-order valence-corrected chi connectivity index (χ4v) is 2.93. The molecule has 22 heavy (non-hydrogen) atoms. The van der Waals surface area contributed by atoms with Crippen molar-refractivity contribution >= 4 is 17.3 Å². The number of aromatic nitrogens is 2. The Balaban J connectivity index is 1.89. The Hall–Kier alpha value is -1.82. The first-order valence-electron chi connectivity index (χ1n) is 7.65. The van der Waals surface area contributed by atoms with Gasteiger partial charge in [-0.25, -0.2) is 0 Å². The molecule has 0 spiro atoms. The van der Waals surface area contributed by atoms with E-state index in [1.807, 2.05) is 16.9 Å².